The fourth-order valence-electron chi connectivity index (χ4n) is 2.58. The van der Waals surface area contributed by atoms with Crippen LogP contribution in [0.3, 0.4) is 0 Å². The second-order valence-corrected chi connectivity index (χ2v) is 6.22. The lowest BCUT2D eigenvalue weighted by molar-refractivity contribution is 0.0697. The summed E-state index contributed by atoms with van der Waals surface area (Å²) in [6.07, 6.45) is 0.287. The first-order chi connectivity index (χ1) is 13.3. The summed E-state index contributed by atoms with van der Waals surface area (Å²) in [5.41, 5.74) is 6.59. The third-order valence-electron chi connectivity index (χ3n) is 3.97. The zero-order chi connectivity index (χ0) is 20.4. The van der Waals surface area contributed by atoms with E-state index in [1.807, 2.05) is 0 Å². The zero-order valence-corrected chi connectivity index (χ0v) is 15.2. The Morgan fingerprint density at radius 3 is 2.46 bits per heavy atom. The Balaban J connectivity index is 1.92. The summed E-state index contributed by atoms with van der Waals surface area (Å²) in [5, 5.41) is 8.60. The molecule has 6 nitrogen and oxygen atoms in total. The van der Waals surface area contributed by atoms with E-state index in [2.05, 4.69) is 9.97 Å². The van der Waals surface area contributed by atoms with Crippen molar-refractivity contribution in [1.82, 2.24) is 9.97 Å². The molecule has 1 unspecified atom stereocenters. The fourth-order valence-corrected chi connectivity index (χ4v) is 2.88. The summed E-state index contributed by atoms with van der Waals surface area (Å²) in [7, 11) is 0. The molecule has 0 saturated heterocycles. The summed E-state index contributed by atoms with van der Waals surface area (Å²) in [6.45, 7) is 1.49. The van der Waals surface area contributed by atoms with Crippen LogP contribution in [-0.2, 0) is 0 Å². The Labute approximate surface area is 163 Å². The molecular weight excluding hydrogens is 392 g/mol. The molecule has 3 N–H and O–H groups in total. The first kappa shape index (κ1) is 19.5. The average Bonchev–Trinajstić information content (AvgIpc) is 2.66. The molecule has 144 valence electrons. The summed E-state index contributed by atoms with van der Waals surface area (Å²) >= 11 is 5.85. The second-order valence-electron chi connectivity index (χ2n) is 5.84. The molecule has 0 saturated carbocycles. The number of aromatic carboxylic acids is 1. The number of anilines is 1. The number of nitrogens with zero attached hydrogens (tertiary/aromatic N) is 2. The lowest BCUT2D eigenvalue weighted by Crippen LogP contribution is -2.09. The van der Waals surface area contributed by atoms with Crippen LogP contribution in [0.1, 0.15) is 28.9 Å². The molecular formula is C19H14ClF2N3O3. The van der Waals surface area contributed by atoms with Crippen molar-refractivity contribution < 1.29 is 23.4 Å². The van der Waals surface area contributed by atoms with Gasteiger partial charge >= 0.3 is 5.97 Å². The smallest absolute Gasteiger partial charge is 0.335 e. The number of carboxylic acids is 1. The molecule has 0 aliphatic carbocycles. The standard InChI is InChI=1S/C19H14ClF2N3O3/c1-9(15-12(21)6-7-13(22)16(15)20)28-14-8-24-18(23)17(25-14)10-2-4-11(5-3-10)19(26)27/h2-9H,1H3,(H2,23,24)(H,26,27). The van der Waals surface area contributed by atoms with E-state index in [0.29, 0.717) is 5.56 Å². The number of carboxylic acid groups (broad SMARTS) is 1. The van der Waals surface area contributed by atoms with Crippen LogP contribution in [0.4, 0.5) is 14.6 Å². The molecule has 0 amide bonds. The van der Waals surface area contributed by atoms with Gasteiger partial charge < -0.3 is 15.6 Å². The van der Waals surface area contributed by atoms with Gasteiger partial charge in [0.1, 0.15) is 29.3 Å². The van der Waals surface area contributed by atoms with Gasteiger partial charge in [0, 0.05) is 11.1 Å². The Morgan fingerprint density at radius 2 is 1.82 bits per heavy atom. The molecule has 0 bridgehead atoms. The topological polar surface area (TPSA) is 98.3 Å². The number of hydrogen-bond acceptors (Lipinski definition) is 5. The number of rotatable bonds is 5. The monoisotopic (exact) mass is 405 g/mol. The first-order valence-electron chi connectivity index (χ1n) is 8.04. The number of halogens is 3. The van der Waals surface area contributed by atoms with Gasteiger partial charge in [0.25, 0.3) is 0 Å². The van der Waals surface area contributed by atoms with Crippen LogP contribution >= 0.6 is 11.6 Å². The fraction of sp³-hybridized carbons (Fsp3) is 0.105. The predicted molar refractivity (Wildman–Crippen MR) is 99.3 cm³/mol. The maximum atomic E-state index is 14.1. The highest BCUT2D eigenvalue weighted by Crippen LogP contribution is 2.32. The van der Waals surface area contributed by atoms with E-state index in [9.17, 15) is 13.6 Å². The highest BCUT2D eigenvalue weighted by molar-refractivity contribution is 6.31. The molecule has 0 fully saturated rings. The third-order valence-corrected chi connectivity index (χ3v) is 4.35. The summed E-state index contributed by atoms with van der Waals surface area (Å²) in [5.74, 6) is -2.44. The molecule has 0 aliphatic rings. The van der Waals surface area contributed by atoms with Crippen molar-refractivity contribution in [3.63, 3.8) is 0 Å². The molecule has 1 atom stereocenters. The SMILES string of the molecule is CC(Oc1cnc(N)c(-c2ccc(C(=O)O)cc2)n1)c1c(F)ccc(F)c1Cl. The number of benzene rings is 2. The number of aromatic nitrogens is 2. The minimum absolute atomic E-state index is 0.0127. The molecule has 0 radical (unpaired) electrons. The number of ether oxygens (including phenoxy) is 1. The molecule has 2 aromatic carbocycles. The summed E-state index contributed by atoms with van der Waals surface area (Å²) in [6, 6.07) is 7.74. The highest BCUT2D eigenvalue weighted by atomic mass is 35.5. The van der Waals surface area contributed by atoms with Gasteiger partial charge in [-0.3, -0.25) is 0 Å². The van der Waals surface area contributed by atoms with Gasteiger partial charge in [-0.1, -0.05) is 23.7 Å². The molecule has 3 rings (SSSR count). The van der Waals surface area contributed by atoms with Crippen LogP contribution in [0.15, 0.2) is 42.6 Å². The average molecular weight is 406 g/mol. The van der Waals surface area contributed by atoms with Crippen LogP contribution in [-0.4, -0.2) is 21.0 Å². The first-order valence-corrected chi connectivity index (χ1v) is 8.42. The Bertz CT molecular complexity index is 1050. The molecule has 9 heteroatoms. The van der Waals surface area contributed by atoms with Gasteiger partial charge in [-0.15, -0.1) is 0 Å². The predicted octanol–water partition coefficient (Wildman–Crippen LogP) is 4.50. The normalized spacial score (nSPS) is 11.9. The zero-order valence-electron chi connectivity index (χ0n) is 14.5. The van der Waals surface area contributed by atoms with Crippen LogP contribution in [0.5, 0.6) is 5.88 Å². The molecule has 1 aromatic heterocycles. The van der Waals surface area contributed by atoms with E-state index >= 15 is 0 Å². The lowest BCUT2D eigenvalue weighted by atomic mass is 10.1. The highest BCUT2D eigenvalue weighted by Gasteiger charge is 2.21. The number of carbonyl (C=O) groups is 1. The quantitative estimate of drug-likeness (QED) is 0.606. The molecule has 3 aromatic rings. The molecule has 1 heterocycles. The maximum absolute atomic E-state index is 14.1. The van der Waals surface area contributed by atoms with Gasteiger partial charge in [-0.25, -0.2) is 23.5 Å². The minimum Gasteiger partial charge on any atom is -0.478 e. The van der Waals surface area contributed by atoms with E-state index in [1.54, 1.807) is 0 Å². The van der Waals surface area contributed by atoms with Crippen molar-refractivity contribution >= 4 is 23.4 Å². The van der Waals surface area contributed by atoms with Crippen LogP contribution in [0, 0.1) is 11.6 Å². The molecule has 0 aliphatic heterocycles. The molecule has 0 spiro atoms. The van der Waals surface area contributed by atoms with E-state index in [0.717, 1.165) is 12.1 Å². The van der Waals surface area contributed by atoms with Gasteiger partial charge in [-0.05, 0) is 31.2 Å². The van der Waals surface area contributed by atoms with Crippen LogP contribution in [0.2, 0.25) is 5.02 Å². The van der Waals surface area contributed by atoms with Crippen molar-refractivity contribution in [2.45, 2.75) is 13.0 Å². The van der Waals surface area contributed by atoms with Crippen molar-refractivity contribution in [2.24, 2.45) is 0 Å². The third kappa shape index (κ3) is 3.86. The van der Waals surface area contributed by atoms with E-state index in [1.165, 1.54) is 37.4 Å². The van der Waals surface area contributed by atoms with E-state index in [-0.39, 0.29) is 33.5 Å². The van der Waals surface area contributed by atoms with Crippen molar-refractivity contribution in [3.05, 3.63) is 70.4 Å². The minimum atomic E-state index is -1.06. The number of nitrogen functional groups attached to an aromatic ring is 1. The largest absolute Gasteiger partial charge is 0.478 e. The van der Waals surface area contributed by atoms with Gasteiger partial charge in [0.2, 0.25) is 5.88 Å². The van der Waals surface area contributed by atoms with Gasteiger partial charge in [0.05, 0.1) is 16.8 Å². The molecule has 28 heavy (non-hydrogen) atoms. The van der Waals surface area contributed by atoms with Crippen molar-refractivity contribution in [1.29, 1.82) is 0 Å². The van der Waals surface area contributed by atoms with Gasteiger partial charge in [-0.2, -0.15) is 0 Å². The Morgan fingerprint density at radius 1 is 1.18 bits per heavy atom. The van der Waals surface area contributed by atoms with Crippen molar-refractivity contribution in [3.8, 4) is 17.1 Å². The lowest BCUT2D eigenvalue weighted by Gasteiger charge is -2.17. The van der Waals surface area contributed by atoms with E-state index in [4.69, 9.17) is 27.2 Å². The summed E-state index contributed by atoms with van der Waals surface area (Å²) < 4.78 is 33.3. The van der Waals surface area contributed by atoms with Crippen LogP contribution < -0.4 is 10.5 Å². The van der Waals surface area contributed by atoms with E-state index < -0.39 is 23.7 Å². The Hall–Kier alpha value is -3.26. The maximum Gasteiger partial charge on any atom is 0.335 e. The van der Waals surface area contributed by atoms with Crippen LogP contribution in [0.25, 0.3) is 11.3 Å². The van der Waals surface area contributed by atoms with Gasteiger partial charge in [0.15, 0.2) is 0 Å². The summed E-state index contributed by atoms with van der Waals surface area (Å²) in [4.78, 5) is 19.2. The second kappa shape index (κ2) is 7.77. The van der Waals surface area contributed by atoms with Crippen molar-refractivity contribution in [2.75, 3.05) is 5.73 Å². The Kier molecular flexibility index (Phi) is 5.41. The number of nitrogens with two attached hydrogens (primary N) is 1. The number of hydrogen-bond donors (Lipinski definition) is 2.